The van der Waals surface area contributed by atoms with Gasteiger partial charge in [0.05, 0.1) is 21.9 Å². The quantitative estimate of drug-likeness (QED) is 0.519. The monoisotopic (exact) mass is 420 g/mol. The van der Waals surface area contributed by atoms with Gasteiger partial charge >= 0.3 is 0 Å². The van der Waals surface area contributed by atoms with Crippen molar-refractivity contribution in [3.05, 3.63) is 46.1 Å². The molecule has 0 unspecified atom stereocenters. The zero-order valence-electron chi connectivity index (χ0n) is 16.0. The summed E-state index contributed by atoms with van der Waals surface area (Å²) in [6.07, 6.45) is 8.92. The van der Waals surface area contributed by atoms with Crippen LogP contribution in [0.4, 0.5) is 5.69 Å². The molecule has 1 aliphatic carbocycles. The van der Waals surface area contributed by atoms with E-state index in [-0.39, 0.29) is 0 Å². The molecule has 4 rings (SSSR count). The first-order valence-electron chi connectivity index (χ1n) is 9.82. The molecule has 144 valence electrons. The highest BCUT2D eigenvalue weighted by Crippen LogP contribution is 2.50. The number of pyridine rings is 1. The van der Waals surface area contributed by atoms with Gasteiger partial charge in [-0.15, -0.1) is 0 Å². The second kappa shape index (κ2) is 7.85. The number of halogens is 2. The molecule has 2 aliphatic rings. The van der Waals surface area contributed by atoms with Crippen molar-refractivity contribution < 1.29 is 0 Å². The normalized spacial score (nSPS) is 21.8. The highest BCUT2D eigenvalue weighted by atomic mass is 35.5. The summed E-state index contributed by atoms with van der Waals surface area (Å²) in [7, 11) is 0. The van der Waals surface area contributed by atoms with Crippen molar-refractivity contribution in [3.8, 4) is 0 Å². The second-order valence-corrected chi connectivity index (χ2v) is 9.93. The van der Waals surface area contributed by atoms with Gasteiger partial charge in [-0.25, -0.2) is 4.98 Å². The Hall–Kier alpha value is -0.900. The lowest BCUT2D eigenvalue weighted by atomic mass is 9.71. The molecule has 2 heterocycles. The van der Waals surface area contributed by atoms with Crippen LogP contribution in [0.2, 0.25) is 10.0 Å². The molecular weight excluding hydrogens is 395 g/mol. The van der Waals surface area contributed by atoms with Crippen molar-refractivity contribution in [2.24, 2.45) is 11.3 Å². The number of nitrogens with zero attached hydrogens (tertiary/aromatic N) is 2. The Morgan fingerprint density at radius 2 is 1.96 bits per heavy atom. The van der Waals surface area contributed by atoms with Gasteiger partial charge < -0.3 is 4.90 Å². The van der Waals surface area contributed by atoms with Gasteiger partial charge in [0.1, 0.15) is 5.03 Å². The van der Waals surface area contributed by atoms with Crippen LogP contribution in [0.1, 0.15) is 44.6 Å². The minimum Gasteiger partial charge on any atom is -0.370 e. The third kappa shape index (κ3) is 3.83. The van der Waals surface area contributed by atoms with E-state index >= 15 is 0 Å². The fourth-order valence-corrected chi connectivity index (χ4v) is 6.11. The maximum absolute atomic E-state index is 6.33. The maximum atomic E-state index is 6.33. The van der Waals surface area contributed by atoms with Gasteiger partial charge in [0.25, 0.3) is 0 Å². The number of hydrogen-bond donors (Lipinski definition) is 0. The number of aryl methyl sites for hydroxylation is 1. The van der Waals surface area contributed by atoms with Crippen LogP contribution in [0.3, 0.4) is 0 Å². The smallest absolute Gasteiger partial charge is 0.104 e. The Bertz CT molecular complexity index is 831. The van der Waals surface area contributed by atoms with E-state index in [1.165, 1.54) is 43.4 Å². The Balaban J connectivity index is 1.47. The molecule has 2 fully saturated rings. The third-order valence-electron chi connectivity index (χ3n) is 6.62. The Morgan fingerprint density at radius 1 is 1.19 bits per heavy atom. The molecule has 1 saturated carbocycles. The molecule has 2 aromatic rings. The molecule has 0 radical (unpaired) electrons. The van der Waals surface area contributed by atoms with Gasteiger partial charge in [-0.3, -0.25) is 0 Å². The van der Waals surface area contributed by atoms with E-state index in [0.717, 1.165) is 28.9 Å². The van der Waals surface area contributed by atoms with Crippen LogP contribution in [0.15, 0.2) is 40.4 Å². The van der Waals surface area contributed by atoms with Crippen molar-refractivity contribution in [1.29, 1.82) is 0 Å². The molecule has 1 saturated heterocycles. The number of piperidine rings is 1. The molecule has 0 N–H and O–H groups in total. The summed E-state index contributed by atoms with van der Waals surface area (Å²) in [5, 5.41) is 2.17. The van der Waals surface area contributed by atoms with Crippen molar-refractivity contribution in [3.63, 3.8) is 0 Å². The Morgan fingerprint density at radius 3 is 2.63 bits per heavy atom. The standard InChI is InChI=1S/C22H26Cl2N2S/c1-15-13-17(26-11-9-22(10-12-26)8-4-5-16(22)2)14-25-21(15)27-19-7-3-6-18(23)20(19)24/h3,6-7,13-14,16H,4-5,8-12H2,1-2H3/t16-/m1/s1. The zero-order chi connectivity index (χ0) is 19.0. The van der Waals surface area contributed by atoms with E-state index in [2.05, 4.69) is 24.8 Å². The lowest BCUT2D eigenvalue weighted by Gasteiger charge is -2.43. The van der Waals surface area contributed by atoms with Gasteiger partial charge in [-0.2, -0.15) is 0 Å². The first-order chi connectivity index (χ1) is 13.0. The van der Waals surface area contributed by atoms with E-state index in [0.29, 0.717) is 15.5 Å². The van der Waals surface area contributed by atoms with Crippen LogP contribution < -0.4 is 4.90 Å². The summed E-state index contributed by atoms with van der Waals surface area (Å²) in [6, 6.07) is 7.99. The van der Waals surface area contributed by atoms with E-state index in [1.54, 1.807) is 11.8 Å². The van der Waals surface area contributed by atoms with Gasteiger partial charge in [0, 0.05) is 18.0 Å². The van der Waals surface area contributed by atoms with Crippen LogP contribution in [0.25, 0.3) is 0 Å². The minimum atomic E-state index is 0.583. The predicted octanol–water partition coefficient (Wildman–Crippen LogP) is 7.25. The molecule has 1 aromatic heterocycles. The summed E-state index contributed by atoms with van der Waals surface area (Å²) >= 11 is 14.0. The molecule has 1 spiro atoms. The van der Waals surface area contributed by atoms with Crippen LogP contribution in [0, 0.1) is 18.3 Å². The minimum absolute atomic E-state index is 0.583. The molecule has 1 aliphatic heterocycles. The van der Waals surface area contributed by atoms with Gasteiger partial charge in [-0.05, 0) is 61.3 Å². The average molecular weight is 421 g/mol. The fourth-order valence-electron chi connectivity index (χ4n) is 4.76. The summed E-state index contributed by atoms with van der Waals surface area (Å²) in [5.41, 5.74) is 3.04. The largest absolute Gasteiger partial charge is 0.370 e. The van der Waals surface area contributed by atoms with E-state index in [4.69, 9.17) is 28.2 Å². The lowest BCUT2D eigenvalue weighted by Crippen LogP contribution is -2.41. The van der Waals surface area contributed by atoms with Gasteiger partial charge in [0.15, 0.2) is 0 Å². The van der Waals surface area contributed by atoms with Crippen LogP contribution in [0.5, 0.6) is 0 Å². The number of benzene rings is 1. The number of anilines is 1. The van der Waals surface area contributed by atoms with E-state index < -0.39 is 0 Å². The van der Waals surface area contributed by atoms with E-state index in [1.807, 2.05) is 24.4 Å². The van der Waals surface area contributed by atoms with Crippen molar-refractivity contribution in [2.45, 2.75) is 55.9 Å². The maximum Gasteiger partial charge on any atom is 0.104 e. The molecule has 0 amide bonds. The first kappa shape index (κ1) is 19.4. The molecule has 5 heteroatoms. The van der Waals surface area contributed by atoms with Crippen molar-refractivity contribution >= 4 is 40.7 Å². The highest BCUT2D eigenvalue weighted by molar-refractivity contribution is 7.99. The van der Waals surface area contributed by atoms with Crippen LogP contribution >= 0.6 is 35.0 Å². The van der Waals surface area contributed by atoms with Crippen molar-refractivity contribution in [1.82, 2.24) is 4.98 Å². The molecule has 0 bridgehead atoms. The third-order valence-corrected chi connectivity index (χ3v) is 8.73. The number of hydrogen-bond acceptors (Lipinski definition) is 3. The van der Waals surface area contributed by atoms with Gasteiger partial charge in [0.2, 0.25) is 0 Å². The van der Waals surface area contributed by atoms with E-state index in [9.17, 15) is 0 Å². The topological polar surface area (TPSA) is 16.1 Å². The Kier molecular flexibility index (Phi) is 5.64. The predicted molar refractivity (Wildman–Crippen MR) is 116 cm³/mol. The molecule has 1 atom stereocenters. The Labute approximate surface area is 176 Å². The van der Waals surface area contributed by atoms with Crippen molar-refractivity contribution in [2.75, 3.05) is 18.0 Å². The van der Waals surface area contributed by atoms with Crippen LogP contribution in [-0.4, -0.2) is 18.1 Å². The highest BCUT2D eigenvalue weighted by Gasteiger charge is 2.42. The average Bonchev–Trinajstić information content (AvgIpc) is 3.01. The lowest BCUT2D eigenvalue weighted by molar-refractivity contribution is 0.162. The first-order valence-corrected chi connectivity index (χ1v) is 11.4. The fraction of sp³-hybridized carbons (Fsp3) is 0.500. The summed E-state index contributed by atoms with van der Waals surface area (Å²) in [4.78, 5) is 8.20. The van der Waals surface area contributed by atoms with Gasteiger partial charge in [-0.1, -0.05) is 60.8 Å². The second-order valence-electron chi connectivity index (χ2n) is 8.11. The SMILES string of the molecule is Cc1cc(N2CCC3(CCC[C@H]3C)CC2)cnc1Sc1cccc(Cl)c1Cl. The number of rotatable bonds is 3. The summed E-state index contributed by atoms with van der Waals surface area (Å²) < 4.78 is 0. The van der Waals surface area contributed by atoms with Crippen LogP contribution in [-0.2, 0) is 0 Å². The molecule has 1 aromatic carbocycles. The molecule has 2 nitrogen and oxygen atoms in total. The zero-order valence-corrected chi connectivity index (χ0v) is 18.3. The molecular formula is C22H26Cl2N2S. The molecule has 27 heavy (non-hydrogen) atoms. The summed E-state index contributed by atoms with van der Waals surface area (Å²) in [6.45, 7) is 6.89. The summed E-state index contributed by atoms with van der Waals surface area (Å²) in [5.74, 6) is 0.890. The number of aromatic nitrogens is 1.